The number of hydrogen-bond acceptors (Lipinski definition) is 9. The Balaban J connectivity index is 5.13. The van der Waals surface area contributed by atoms with E-state index in [4.69, 9.17) is 21.7 Å². The molecule has 0 saturated heterocycles. The van der Waals surface area contributed by atoms with Crippen LogP contribution in [0, 0.1) is 0 Å². The molecule has 0 radical (unpaired) electrons. The number of carboxylic acid groups (broad SMARTS) is 2. The molecular formula is C18H33N5O7S2. The molecule has 0 aromatic carbocycles. The Morgan fingerprint density at radius 3 is 1.97 bits per heavy atom. The fourth-order valence-corrected chi connectivity index (χ4v) is 3.26. The first-order valence-electron chi connectivity index (χ1n) is 9.98. The first-order valence-corrected chi connectivity index (χ1v) is 12.0. The van der Waals surface area contributed by atoms with Crippen molar-refractivity contribution in [3.8, 4) is 0 Å². The quantitative estimate of drug-likeness (QED) is 0.0831. The van der Waals surface area contributed by atoms with Gasteiger partial charge in [-0.25, -0.2) is 4.79 Å². The normalized spacial score (nSPS) is 14.5. The summed E-state index contributed by atoms with van der Waals surface area (Å²) in [5.41, 5.74) is 11.3. The lowest BCUT2D eigenvalue weighted by Crippen LogP contribution is -2.57. The minimum atomic E-state index is -1.67. The average Bonchev–Trinajstić information content (AvgIpc) is 2.73. The molecule has 12 nitrogen and oxygen atoms in total. The molecule has 0 aromatic heterocycles. The fourth-order valence-electron chi connectivity index (χ4n) is 2.54. The minimum Gasteiger partial charge on any atom is -0.481 e. The van der Waals surface area contributed by atoms with E-state index >= 15 is 0 Å². The van der Waals surface area contributed by atoms with Crippen LogP contribution in [0.5, 0.6) is 0 Å². The summed E-state index contributed by atoms with van der Waals surface area (Å²) < 4.78 is 0. The fraction of sp³-hybridized carbons (Fsp3) is 0.722. The van der Waals surface area contributed by atoms with Gasteiger partial charge in [-0.3, -0.25) is 19.2 Å². The molecule has 0 aliphatic heterocycles. The van der Waals surface area contributed by atoms with Gasteiger partial charge in [-0.15, -0.1) is 0 Å². The third-order valence-electron chi connectivity index (χ3n) is 4.36. The zero-order valence-corrected chi connectivity index (χ0v) is 19.6. The lowest BCUT2D eigenvalue weighted by molar-refractivity contribution is -0.147. The Bertz CT molecular complexity index is 653. The van der Waals surface area contributed by atoms with E-state index in [9.17, 15) is 24.0 Å². The van der Waals surface area contributed by atoms with Crippen molar-refractivity contribution in [1.29, 1.82) is 0 Å². The van der Waals surface area contributed by atoms with Crippen LogP contribution in [-0.2, 0) is 24.0 Å². The van der Waals surface area contributed by atoms with E-state index in [1.165, 1.54) is 11.8 Å². The second-order valence-corrected chi connectivity index (χ2v) is 8.33. The van der Waals surface area contributed by atoms with E-state index in [0.29, 0.717) is 25.1 Å². The highest BCUT2D eigenvalue weighted by molar-refractivity contribution is 7.98. The van der Waals surface area contributed by atoms with Gasteiger partial charge in [0, 0.05) is 5.75 Å². The van der Waals surface area contributed by atoms with E-state index in [1.807, 2.05) is 6.26 Å². The van der Waals surface area contributed by atoms with Gasteiger partial charge in [0.15, 0.2) is 0 Å². The molecule has 0 aromatic rings. The molecule has 32 heavy (non-hydrogen) atoms. The number of carbonyl (C=O) groups is 5. The maximum Gasteiger partial charge on any atom is 0.326 e. The SMILES string of the molecule is CSCCC(NC(=O)C(N)CCCCN)C(=O)NC(CS)C(=O)NC(CC(=O)O)C(=O)O. The van der Waals surface area contributed by atoms with Crippen molar-refractivity contribution >= 4 is 54.1 Å². The van der Waals surface area contributed by atoms with Crippen molar-refractivity contribution in [3.63, 3.8) is 0 Å². The van der Waals surface area contributed by atoms with Crippen LogP contribution in [0.15, 0.2) is 0 Å². The second kappa shape index (κ2) is 16.6. The molecule has 0 aliphatic carbocycles. The Morgan fingerprint density at radius 2 is 1.47 bits per heavy atom. The van der Waals surface area contributed by atoms with Gasteiger partial charge in [0.25, 0.3) is 0 Å². The van der Waals surface area contributed by atoms with Gasteiger partial charge >= 0.3 is 11.9 Å². The number of rotatable bonds is 17. The third kappa shape index (κ3) is 12.1. The lowest BCUT2D eigenvalue weighted by atomic mass is 10.1. The van der Waals surface area contributed by atoms with E-state index in [0.717, 1.165) is 6.42 Å². The number of amides is 3. The van der Waals surface area contributed by atoms with E-state index in [2.05, 4.69) is 28.6 Å². The van der Waals surface area contributed by atoms with Gasteiger partial charge in [0.2, 0.25) is 17.7 Å². The first kappa shape index (κ1) is 30.0. The number of hydrogen-bond donors (Lipinski definition) is 8. The Labute approximate surface area is 196 Å². The predicted octanol–water partition coefficient (Wildman–Crippen LogP) is -1.86. The summed E-state index contributed by atoms with van der Waals surface area (Å²) in [5, 5.41) is 24.9. The summed E-state index contributed by atoms with van der Waals surface area (Å²) in [6.45, 7) is 0.482. The number of nitrogens with two attached hydrogens (primary N) is 2. The minimum absolute atomic E-state index is 0.182. The van der Waals surface area contributed by atoms with E-state index < -0.39 is 60.2 Å². The van der Waals surface area contributed by atoms with Crippen molar-refractivity contribution in [2.75, 3.05) is 24.3 Å². The number of thiol groups is 1. The number of carboxylic acids is 2. The van der Waals surface area contributed by atoms with Gasteiger partial charge in [0.1, 0.15) is 18.1 Å². The summed E-state index contributed by atoms with van der Waals surface area (Å²) >= 11 is 5.46. The zero-order chi connectivity index (χ0) is 24.7. The van der Waals surface area contributed by atoms with Gasteiger partial charge in [-0.2, -0.15) is 24.4 Å². The molecule has 0 rings (SSSR count). The molecule has 0 saturated carbocycles. The molecule has 0 bridgehead atoms. The predicted molar refractivity (Wildman–Crippen MR) is 123 cm³/mol. The van der Waals surface area contributed by atoms with Crippen LogP contribution in [0.3, 0.4) is 0 Å². The molecule has 184 valence electrons. The van der Waals surface area contributed by atoms with Crippen molar-refractivity contribution in [2.24, 2.45) is 11.5 Å². The monoisotopic (exact) mass is 495 g/mol. The largest absolute Gasteiger partial charge is 0.481 e. The van der Waals surface area contributed by atoms with Crippen LogP contribution in [-0.4, -0.2) is 88.3 Å². The number of aliphatic carboxylic acids is 2. The van der Waals surface area contributed by atoms with Crippen LogP contribution in [0.4, 0.5) is 0 Å². The molecular weight excluding hydrogens is 462 g/mol. The van der Waals surface area contributed by atoms with Crippen LogP contribution >= 0.6 is 24.4 Å². The molecule has 3 amide bonds. The summed E-state index contributed by atoms with van der Waals surface area (Å²) in [5.74, 6) is -4.67. The van der Waals surface area contributed by atoms with Gasteiger partial charge < -0.3 is 37.6 Å². The van der Waals surface area contributed by atoms with Crippen molar-refractivity contribution in [3.05, 3.63) is 0 Å². The zero-order valence-electron chi connectivity index (χ0n) is 17.9. The van der Waals surface area contributed by atoms with Crippen molar-refractivity contribution in [1.82, 2.24) is 16.0 Å². The highest BCUT2D eigenvalue weighted by Crippen LogP contribution is 2.05. The average molecular weight is 496 g/mol. The smallest absolute Gasteiger partial charge is 0.326 e. The van der Waals surface area contributed by atoms with Crippen molar-refractivity contribution in [2.45, 2.75) is 56.3 Å². The van der Waals surface area contributed by atoms with Crippen LogP contribution in [0.25, 0.3) is 0 Å². The Kier molecular flexibility index (Phi) is 15.5. The summed E-state index contributed by atoms with van der Waals surface area (Å²) in [7, 11) is 0. The first-order chi connectivity index (χ1) is 15.1. The second-order valence-electron chi connectivity index (χ2n) is 6.97. The summed E-state index contributed by atoms with van der Waals surface area (Å²) in [6.07, 6.45) is 3.05. The van der Waals surface area contributed by atoms with Gasteiger partial charge in [-0.1, -0.05) is 6.42 Å². The topological polar surface area (TPSA) is 214 Å². The standard InChI is InChI=1S/C18H33N5O7S2/c1-32-7-5-11(21-15(26)10(20)4-2-3-6-19)16(27)23-13(9-31)17(28)22-12(18(29)30)8-14(24)25/h10-13,31H,2-9,19-20H2,1H3,(H,21,26)(H,22,28)(H,23,27)(H,24,25)(H,29,30). The number of thioether (sulfide) groups is 1. The van der Waals surface area contributed by atoms with Crippen LogP contribution in [0.1, 0.15) is 32.1 Å². The highest BCUT2D eigenvalue weighted by atomic mass is 32.2. The molecule has 14 heteroatoms. The highest BCUT2D eigenvalue weighted by Gasteiger charge is 2.30. The van der Waals surface area contributed by atoms with Crippen LogP contribution < -0.4 is 27.4 Å². The molecule has 4 atom stereocenters. The van der Waals surface area contributed by atoms with E-state index in [-0.39, 0.29) is 12.2 Å². The van der Waals surface area contributed by atoms with Crippen LogP contribution in [0.2, 0.25) is 0 Å². The van der Waals surface area contributed by atoms with Gasteiger partial charge in [0.05, 0.1) is 12.5 Å². The molecule has 9 N–H and O–H groups in total. The summed E-state index contributed by atoms with van der Waals surface area (Å²) in [6, 6.07) is -4.70. The molecule has 4 unspecified atom stereocenters. The Morgan fingerprint density at radius 1 is 0.906 bits per heavy atom. The molecule has 0 aliphatic rings. The molecule has 0 spiro atoms. The summed E-state index contributed by atoms with van der Waals surface area (Å²) in [4.78, 5) is 59.4. The maximum absolute atomic E-state index is 12.7. The number of nitrogens with one attached hydrogen (secondary N) is 3. The lowest BCUT2D eigenvalue weighted by Gasteiger charge is -2.24. The van der Waals surface area contributed by atoms with Gasteiger partial charge in [-0.05, 0) is 37.8 Å². The van der Waals surface area contributed by atoms with Crippen molar-refractivity contribution < 1.29 is 34.2 Å². The Hall–Kier alpha value is -2.03. The maximum atomic E-state index is 12.7. The molecule has 0 fully saturated rings. The third-order valence-corrected chi connectivity index (χ3v) is 5.37. The number of unbranched alkanes of at least 4 members (excludes halogenated alkanes) is 1. The molecule has 0 heterocycles. The number of carbonyl (C=O) groups excluding carboxylic acids is 3. The van der Waals surface area contributed by atoms with E-state index in [1.54, 1.807) is 0 Å².